The predicted octanol–water partition coefficient (Wildman–Crippen LogP) is 3.59. The summed E-state index contributed by atoms with van der Waals surface area (Å²) < 4.78 is 42.2. The molecule has 0 aliphatic carbocycles. The van der Waals surface area contributed by atoms with Gasteiger partial charge in [0.25, 0.3) is 0 Å². The van der Waals surface area contributed by atoms with Crippen LogP contribution in [0.1, 0.15) is 11.7 Å². The highest BCUT2D eigenvalue weighted by molar-refractivity contribution is 9.10. The molecule has 9 heteroatoms. The maximum absolute atomic E-state index is 12.2. The monoisotopic (exact) mass is 382 g/mol. The zero-order valence-electron chi connectivity index (χ0n) is 10.5. The van der Waals surface area contributed by atoms with Gasteiger partial charge in [-0.25, -0.2) is 0 Å². The first-order valence-corrected chi connectivity index (χ1v) is 7.57. The molecule has 1 atom stereocenters. The second-order valence-electron chi connectivity index (χ2n) is 4.11. The molecule has 0 fully saturated rings. The van der Waals surface area contributed by atoms with E-state index in [-0.39, 0.29) is 11.7 Å². The summed E-state index contributed by atoms with van der Waals surface area (Å²) in [7, 11) is 0. The van der Waals surface area contributed by atoms with Crippen LogP contribution in [-0.2, 0) is 12.2 Å². The molecule has 0 spiro atoms. The molecule has 0 saturated heterocycles. The number of nitrogens with zero attached hydrogens (tertiary/aromatic N) is 2. The first-order chi connectivity index (χ1) is 9.84. The van der Waals surface area contributed by atoms with Gasteiger partial charge in [0.1, 0.15) is 0 Å². The summed E-state index contributed by atoms with van der Waals surface area (Å²) in [6.45, 7) is 0. The fourth-order valence-electron chi connectivity index (χ4n) is 1.39. The van der Waals surface area contributed by atoms with Crippen LogP contribution in [0.4, 0.5) is 13.2 Å². The minimum absolute atomic E-state index is 0.230. The maximum Gasteiger partial charge on any atom is 0.414 e. The zero-order chi connectivity index (χ0) is 15.5. The quantitative estimate of drug-likeness (QED) is 0.800. The molecule has 1 aromatic heterocycles. The van der Waals surface area contributed by atoms with Crippen molar-refractivity contribution in [2.45, 2.75) is 29.3 Å². The van der Waals surface area contributed by atoms with Gasteiger partial charge in [-0.05, 0) is 24.3 Å². The third-order valence-corrected chi connectivity index (χ3v) is 3.97. The molecular formula is C12H10BrF3N2O2S. The predicted molar refractivity (Wildman–Crippen MR) is 73.8 cm³/mol. The molecule has 2 aromatic rings. The number of rotatable bonds is 5. The largest absolute Gasteiger partial charge is 0.414 e. The van der Waals surface area contributed by atoms with Gasteiger partial charge in [0.15, 0.2) is 11.9 Å². The van der Waals surface area contributed by atoms with Gasteiger partial charge in [-0.2, -0.15) is 18.2 Å². The van der Waals surface area contributed by atoms with Crippen molar-refractivity contribution in [1.29, 1.82) is 0 Å². The van der Waals surface area contributed by atoms with Gasteiger partial charge in [-0.3, -0.25) is 0 Å². The summed E-state index contributed by atoms with van der Waals surface area (Å²) in [4.78, 5) is 4.80. The molecule has 1 unspecified atom stereocenters. The number of aliphatic hydroxyl groups excluding tert-OH is 1. The maximum atomic E-state index is 12.2. The Labute approximate surface area is 130 Å². The van der Waals surface area contributed by atoms with Gasteiger partial charge in [0, 0.05) is 9.37 Å². The van der Waals surface area contributed by atoms with Crippen LogP contribution in [0, 0.1) is 0 Å². The lowest BCUT2D eigenvalue weighted by Gasteiger charge is -2.11. The number of aromatic nitrogens is 2. The van der Waals surface area contributed by atoms with Crippen molar-refractivity contribution >= 4 is 27.7 Å². The molecule has 4 nitrogen and oxygen atoms in total. The molecule has 0 bridgehead atoms. The molecule has 1 N–H and O–H groups in total. The highest BCUT2D eigenvalue weighted by Crippen LogP contribution is 2.25. The van der Waals surface area contributed by atoms with Crippen molar-refractivity contribution in [1.82, 2.24) is 10.1 Å². The van der Waals surface area contributed by atoms with Crippen LogP contribution in [0.3, 0.4) is 0 Å². The standard InChI is InChI=1S/C12H10BrF3N2O2S/c13-7-1-3-8(4-2-7)21-6-10-17-11(20-18-10)5-9(19)12(14,15)16/h1-4,9,19H,5-6H2. The number of alkyl halides is 3. The molecule has 1 aromatic carbocycles. The normalized spacial score (nSPS) is 13.4. The van der Waals surface area contributed by atoms with E-state index in [2.05, 4.69) is 26.1 Å². The van der Waals surface area contributed by atoms with Crippen LogP contribution in [-0.4, -0.2) is 27.5 Å². The van der Waals surface area contributed by atoms with E-state index in [4.69, 9.17) is 9.63 Å². The molecule has 0 aliphatic heterocycles. The third kappa shape index (κ3) is 5.01. The number of benzene rings is 1. The molecular weight excluding hydrogens is 373 g/mol. The fraction of sp³-hybridized carbons (Fsp3) is 0.333. The Hall–Kier alpha value is -1.06. The van der Waals surface area contributed by atoms with Gasteiger partial charge in [0.2, 0.25) is 5.89 Å². The van der Waals surface area contributed by atoms with Gasteiger partial charge >= 0.3 is 6.18 Å². The Morgan fingerprint density at radius 3 is 2.57 bits per heavy atom. The third-order valence-electron chi connectivity index (χ3n) is 2.44. The Balaban J connectivity index is 1.90. The van der Waals surface area contributed by atoms with Crippen LogP contribution >= 0.6 is 27.7 Å². The summed E-state index contributed by atoms with van der Waals surface area (Å²) in [5.41, 5.74) is 0. The Kier molecular flexibility index (Phi) is 5.28. The molecule has 2 rings (SSSR count). The summed E-state index contributed by atoms with van der Waals surface area (Å²) in [5.74, 6) is 0.422. The molecule has 21 heavy (non-hydrogen) atoms. The number of hydrogen-bond donors (Lipinski definition) is 1. The van der Waals surface area contributed by atoms with Crippen LogP contribution in [0.2, 0.25) is 0 Å². The lowest BCUT2D eigenvalue weighted by atomic mass is 10.2. The Morgan fingerprint density at radius 2 is 1.95 bits per heavy atom. The molecule has 114 valence electrons. The summed E-state index contributed by atoms with van der Waals surface area (Å²) in [6.07, 6.45) is -7.93. The van der Waals surface area contributed by atoms with E-state index in [9.17, 15) is 13.2 Å². The number of hydrogen-bond acceptors (Lipinski definition) is 5. The SMILES string of the molecule is OC(Cc1nc(CSc2ccc(Br)cc2)no1)C(F)(F)F. The van der Waals surface area contributed by atoms with Gasteiger partial charge < -0.3 is 9.63 Å². The Morgan fingerprint density at radius 1 is 1.29 bits per heavy atom. The topological polar surface area (TPSA) is 59.2 Å². The number of aliphatic hydroxyl groups is 1. The lowest BCUT2D eigenvalue weighted by molar-refractivity contribution is -0.204. The van der Waals surface area contributed by atoms with Crippen LogP contribution in [0.25, 0.3) is 0 Å². The molecule has 0 aliphatic rings. The van der Waals surface area contributed by atoms with E-state index in [1.165, 1.54) is 11.8 Å². The van der Waals surface area contributed by atoms with E-state index in [1.54, 1.807) is 0 Å². The van der Waals surface area contributed by atoms with E-state index in [1.807, 2.05) is 24.3 Å². The highest BCUT2D eigenvalue weighted by Gasteiger charge is 2.39. The van der Waals surface area contributed by atoms with Crippen LogP contribution < -0.4 is 0 Å². The van der Waals surface area contributed by atoms with Crippen LogP contribution in [0.15, 0.2) is 38.2 Å². The summed E-state index contributed by atoms with van der Waals surface area (Å²) >= 11 is 4.75. The average Bonchev–Trinajstić information content (AvgIpc) is 2.85. The van der Waals surface area contributed by atoms with Gasteiger partial charge in [-0.15, -0.1) is 11.8 Å². The van der Waals surface area contributed by atoms with E-state index in [0.717, 1.165) is 9.37 Å². The van der Waals surface area contributed by atoms with Gasteiger partial charge in [0.05, 0.1) is 12.2 Å². The van der Waals surface area contributed by atoms with Crippen molar-refractivity contribution in [2.75, 3.05) is 0 Å². The van der Waals surface area contributed by atoms with Crippen molar-refractivity contribution in [3.05, 3.63) is 40.5 Å². The molecule has 1 heterocycles. The average molecular weight is 383 g/mol. The first-order valence-electron chi connectivity index (χ1n) is 5.79. The zero-order valence-corrected chi connectivity index (χ0v) is 12.9. The molecule has 0 saturated carbocycles. The van der Waals surface area contributed by atoms with Crippen molar-refractivity contribution < 1.29 is 22.8 Å². The van der Waals surface area contributed by atoms with E-state index in [0.29, 0.717) is 5.75 Å². The van der Waals surface area contributed by atoms with Crippen molar-refractivity contribution in [2.24, 2.45) is 0 Å². The van der Waals surface area contributed by atoms with Crippen LogP contribution in [0.5, 0.6) is 0 Å². The Bertz CT molecular complexity index is 589. The smallest absolute Gasteiger partial charge is 0.383 e. The number of halogens is 4. The number of thioether (sulfide) groups is 1. The minimum Gasteiger partial charge on any atom is -0.383 e. The molecule has 0 radical (unpaired) electrons. The minimum atomic E-state index is -4.69. The van der Waals surface area contributed by atoms with Crippen molar-refractivity contribution in [3.8, 4) is 0 Å². The van der Waals surface area contributed by atoms with E-state index >= 15 is 0 Å². The highest BCUT2D eigenvalue weighted by atomic mass is 79.9. The lowest BCUT2D eigenvalue weighted by Crippen LogP contribution is -2.30. The van der Waals surface area contributed by atoms with E-state index < -0.39 is 18.7 Å². The van der Waals surface area contributed by atoms with Gasteiger partial charge in [-0.1, -0.05) is 21.1 Å². The summed E-state index contributed by atoms with van der Waals surface area (Å²) in [5, 5.41) is 12.5. The second kappa shape index (κ2) is 6.80. The molecule has 0 amide bonds. The van der Waals surface area contributed by atoms with Crippen molar-refractivity contribution in [3.63, 3.8) is 0 Å². The first kappa shape index (κ1) is 16.3. The second-order valence-corrected chi connectivity index (χ2v) is 6.07. The summed E-state index contributed by atoms with van der Waals surface area (Å²) in [6, 6.07) is 7.54. The fourth-order valence-corrected chi connectivity index (χ4v) is 2.40.